The molecule has 26 heavy (non-hydrogen) atoms. The molecule has 2 saturated carbocycles. The summed E-state index contributed by atoms with van der Waals surface area (Å²) in [5, 5.41) is 14.3. The Labute approximate surface area is 152 Å². The van der Waals surface area contributed by atoms with Crippen molar-refractivity contribution in [3.8, 4) is 5.75 Å². The maximum Gasteiger partial charge on any atom is 0.338 e. The number of esters is 1. The molecule has 0 spiro atoms. The second kappa shape index (κ2) is 7.76. The molecular weight excluding hydrogens is 336 g/mol. The Balaban J connectivity index is 1.40. The van der Waals surface area contributed by atoms with Crippen molar-refractivity contribution in [1.82, 2.24) is 10.6 Å². The van der Waals surface area contributed by atoms with Gasteiger partial charge in [-0.2, -0.15) is 0 Å². The van der Waals surface area contributed by atoms with Gasteiger partial charge >= 0.3 is 12.0 Å². The van der Waals surface area contributed by atoms with Crippen LogP contribution in [0.3, 0.4) is 0 Å². The fraction of sp³-hybridized carbons (Fsp3) is 0.526. The molecule has 3 N–H and O–H groups in total. The van der Waals surface area contributed by atoms with Crippen LogP contribution in [-0.2, 0) is 9.53 Å². The van der Waals surface area contributed by atoms with Crippen LogP contribution in [0.5, 0.6) is 5.75 Å². The summed E-state index contributed by atoms with van der Waals surface area (Å²) >= 11 is 0. The van der Waals surface area contributed by atoms with Crippen molar-refractivity contribution in [1.29, 1.82) is 0 Å². The number of rotatable bonds is 5. The average molecular weight is 360 g/mol. The van der Waals surface area contributed by atoms with E-state index < -0.39 is 24.5 Å². The van der Waals surface area contributed by atoms with Crippen LogP contribution in [0.25, 0.3) is 0 Å². The molecule has 3 rings (SSSR count). The fourth-order valence-electron chi connectivity index (χ4n) is 4.27. The van der Waals surface area contributed by atoms with Crippen molar-refractivity contribution in [3.63, 3.8) is 0 Å². The van der Waals surface area contributed by atoms with Gasteiger partial charge < -0.3 is 15.2 Å². The number of amides is 3. The molecule has 0 radical (unpaired) electrons. The van der Waals surface area contributed by atoms with Gasteiger partial charge in [0.25, 0.3) is 5.91 Å². The molecule has 4 atom stereocenters. The molecule has 0 saturated heterocycles. The first-order valence-corrected chi connectivity index (χ1v) is 8.99. The van der Waals surface area contributed by atoms with Crippen LogP contribution in [0.15, 0.2) is 24.3 Å². The second-order valence-corrected chi connectivity index (χ2v) is 7.28. The highest BCUT2D eigenvalue weighted by Gasteiger charge is 2.42. The summed E-state index contributed by atoms with van der Waals surface area (Å²) in [5.74, 6) is 0.420. The van der Waals surface area contributed by atoms with Crippen LogP contribution in [0.2, 0.25) is 0 Å². The summed E-state index contributed by atoms with van der Waals surface area (Å²) in [5.41, 5.74) is 0.132. The molecule has 3 amide bonds. The lowest BCUT2D eigenvalue weighted by atomic mass is 9.84. The summed E-state index contributed by atoms with van der Waals surface area (Å²) in [6, 6.07) is 5.06. The van der Waals surface area contributed by atoms with Gasteiger partial charge in [0.05, 0.1) is 5.56 Å². The molecular formula is C19H24N2O5. The molecule has 140 valence electrons. The van der Waals surface area contributed by atoms with E-state index in [4.69, 9.17) is 4.74 Å². The number of fused-ring (bicyclic) bond motifs is 2. The SMILES string of the molecule is C[C@@H](NC(=O)NC(=O)COC(=O)c1cccc(O)c1)[C@H]1C[C@H]2CC[C@H]1C2. The van der Waals surface area contributed by atoms with E-state index in [0.717, 1.165) is 12.3 Å². The summed E-state index contributed by atoms with van der Waals surface area (Å²) in [6.07, 6.45) is 4.92. The molecule has 2 aliphatic carbocycles. The van der Waals surface area contributed by atoms with Crippen LogP contribution in [0.1, 0.15) is 43.0 Å². The van der Waals surface area contributed by atoms with Crippen molar-refractivity contribution >= 4 is 17.9 Å². The van der Waals surface area contributed by atoms with E-state index in [1.54, 1.807) is 0 Å². The van der Waals surface area contributed by atoms with Gasteiger partial charge in [0.2, 0.25) is 0 Å². The van der Waals surface area contributed by atoms with Gasteiger partial charge in [-0.3, -0.25) is 10.1 Å². The Morgan fingerprint density at radius 2 is 2.08 bits per heavy atom. The third-order valence-electron chi connectivity index (χ3n) is 5.46. The average Bonchev–Trinajstić information content (AvgIpc) is 3.22. The predicted molar refractivity (Wildman–Crippen MR) is 93.5 cm³/mol. The second-order valence-electron chi connectivity index (χ2n) is 7.28. The van der Waals surface area contributed by atoms with E-state index in [9.17, 15) is 19.5 Å². The van der Waals surface area contributed by atoms with Crippen molar-refractivity contribution < 1.29 is 24.2 Å². The quantitative estimate of drug-likeness (QED) is 0.698. The zero-order chi connectivity index (χ0) is 18.7. The molecule has 7 nitrogen and oxygen atoms in total. The first-order valence-electron chi connectivity index (χ1n) is 8.99. The van der Waals surface area contributed by atoms with Crippen LogP contribution in [0.4, 0.5) is 4.79 Å². The van der Waals surface area contributed by atoms with E-state index in [-0.39, 0.29) is 17.4 Å². The number of imide groups is 1. The minimum absolute atomic E-state index is 0.00736. The van der Waals surface area contributed by atoms with Gasteiger partial charge in [0.1, 0.15) is 5.75 Å². The number of hydrogen-bond donors (Lipinski definition) is 3. The summed E-state index contributed by atoms with van der Waals surface area (Å²) in [7, 11) is 0. The smallest absolute Gasteiger partial charge is 0.338 e. The van der Waals surface area contributed by atoms with E-state index in [0.29, 0.717) is 11.8 Å². The lowest BCUT2D eigenvalue weighted by Gasteiger charge is -2.28. The van der Waals surface area contributed by atoms with Crippen molar-refractivity contribution in [2.24, 2.45) is 17.8 Å². The number of ether oxygens (including phenoxy) is 1. The zero-order valence-corrected chi connectivity index (χ0v) is 14.7. The Bertz CT molecular complexity index is 705. The summed E-state index contributed by atoms with van der Waals surface area (Å²) in [4.78, 5) is 35.6. The molecule has 1 aromatic rings. The number of nitrogens with one attached hydrogen (secondary N) is 2. The van der Waals surface area contributed by atoms with Crippen LogP contribution in [-0.4, -0.2) is 35.7 Å². The molecule has 2 fully saturated rings. The van der Waals surface area contributed by atoms with Gasteiger partial charge in [-0.05, 0) is 62.1 Å². The van der Waals surface area contributed by atoms with Gasteiger partial charge in [0.15, 0.2) is 6.61 Å². The number of benzene rings is 1. The minimum atomic E-state index is -0.744. The molecule has 7 heteroatoms. The first kappa shape index (κ1) is 18.2. The standard InChI is InChI=1S/C19H24N2O5/c1-11(16-8-12-5-6-13(16)7-12)20-19(25)21-17(23)10-26-18(24)14-3-2-4-15(22)9-14/h2-4,9,11-13,16,22H,5-8,10H2,1H3,(H2,20,21,23,25)/t11-,12+,13+,16-/m1/s1. The third-order valence-corrected chi connectivity index (χ3v) is 5.46. The number of phenols is 1. The van der Waals surface area contributed by atoms with Crippen LogP contribution in [0, 0.1) is 17.8 Å². The number of urea groups is 1. The highest BCUT2D eigenvalue weighted by Crippen LogP contribution is 2.49. The van der Waals surface area contributed by atoms with Crippen molar-refractivity contribution in [2.75, 3.05) is 6.61 Å². The van der Waals surface area contributed by atoms with E-state index >= 15 is 0 Å². The molecule has 0 aromatic heterocycles. The fourth-order valence-corrected chi connectivity index (χ4v) is 4.27. The summed E-state index contributed by atoms with van der Waals surface area (Å²) < 4.78 is 4.85. The van der Waals surface area contributed by atoms with E-state index in [1.807, 2.05) is 6.92 Å². The molecule has 0 aliphatic heterocycles. The van der Waals surface area contributed by atoms with E-state index in [1.165, 1.54) is 43.5 Å². The lowest BCUT2D eigenvalue weighted by Crippen LogP contribution is -2.48. The molecule has 0 unspecified atom stereocenters. The number of hydrogen-bond acceptors (Lipinski definition) is 5. The van der Waals surface area contributed by atoms with Crippen molar-refractivity contribution in [2.45, 2.75) is 38.6 Å². The van der Waals surface area contributed by atoms with Gasteiger partial charge in [0, 0.05) is 6.04 Å². The normalized spacial score (nSPS) is 24.7. The van der Waals surface area contributed by atoms with E-state index in [2.05, 4.69) is 10.6 Å². The zero-order valence-electron chi connectivity index (χ0n) is 14.7. The molecule has 0 heterocycles. The van der Waals surface area contributed by atoms with Crippen molar-refractivity contribution in [3.05, 3.63) is 29.8 Å². The maximum absolute atomic E-state index is 12.0. The molecule has 2 bridgehead atoms. The van der Waals surface area contributed by atoms with Crippen LogP contribution < -0.4 is 10.6 Å². The minimum Gasteiger partial charge on any atom is -0.508 e. The highest BCUT2D eigenvalue weighted by molar-refractivity contribution is 5.97. The maximum atomic E-state index is 12.0. The number of carbonyl (C=O) groups is 3. The Kier molecular flexibility index (Phi) is 5.44. The van der Waals surface area contributed by atoms with Crippen LogP contribution >= 0.6 is 0 Å². The lowest BCUT2D eigenvalue weighted by molar-refractivity contribution is -0.123. The van der Waals surface area contributed by atoms with Gasteiger partial charge in [-0.25, -0.2) is 9.59 Å². The van der Waals surface area contributed by atoms with Gasteiger partial charge in [-0.15, -0.1) is 0 Å². The Morgan fingerprint density at radius 3 is 2.73 bits per heavy atom. The number of phenolic OH excluding ortho intramolecular Hbond substituents is 1. The number of carbonyl (C=O) groups excluding carboxylic acids is 3. The molecule has 1 aromatic carbocycles. The first-order chi connectivity index (χ1) is 12.4. The predicted octanol–water partition coefficient (Wildman–Crippen LogP) is 2.20. The summed E-state index contributed by atoms with van der Waals surface area (Å²) in [6.45, 7) is 1.40. The Hall–Kier alpha value is -2.57. The van der Waals surface area contributed by atoms with Gasteiger partial charge in [-0.1, -0.05) is 12.5 Å². The Morgan fingerprint density at radius 1 is 1.27 bits per heavy atom. The highest BCUT2D eigenvalue weighted by atomic mass is 16.5. The molecule has 2 aliphatic rings. The largest absolute Gasteiger partial charge is 0.508 e. The topological polar surface area (TPSA) is 105 Å². The monoisotopic (exact) mass is 360 g/mol. The third kappa shape index (κ3) is 4.33. The number of aromatic hydroxyl groups is 1.